The summed E-state index contributed by atoms with van der Waals surface area (Å²) in [5.74, 6) is -1.25. The van der Waals surface area contributed by atoms with Crippen LogP contribution in [0.25, 0.3) is 0 Å². The molecule has 0 fully saturated rings. The van der Waals surface area contributed by atoms with Crippen molar-refractivity contribution in [2.75, 3.05) is 6.61 Å². The topological polar surface area (TPSA) is 43.4 Å². The van der Waals surface area contributed by atoms with E-state index in [0.717, 1.165) is 12.0 Å². The number of ether oxygens (including phenoxy) is 1. The van der Waals surface area contributed by atoms with Crippen LogP contribution in [0, 0.1) is 5.92 Å². The van der Waals surface area contributed by atoms with Crippen molar-refractivity contribution < 1.29 is 14.3 Å². The molecule has 3 heteroatoms. The smallest absolute Gasteiger partial charge is 0.316 e. The molecule has 0 aliphatic carbocycles. The van der Waals surface area contributed by atoms with E-state index in [9.17, 15) is 9.59 Å². The molecule has 0 bridgehead atoms. The minimum absolute atomic E-state index is 0.145. The molecule has 1 aromatic carbocycles. The van der Waals surface area contributed by atoms with Crippen LogP contribution in [-0.2, 0) is 27.2 Å². The van der Waals surface area contributed by atoms with Gasteiger partial charge in [0, 0.05) is 0 Å². The van der Waals surface area contributed by atoms with E-state index in [2.05, 4.69) is 6.92 Å². The summed E-state index contributed by atoms with van der Waals surface area (Å²) < 4.78 is 4.92. The molecule has 0 spiro atoms. The number of rotatable bonds is 6. The Morgan fingerprint density at radius 1 is 1.11 bits per heavy atom. The number of esters is 1. The summed E-state index contributed by atoms with van der Waals surface area (Å²) in [6.45, 7) is 5.57. The summed E-state index contributed by atoms with van der Waals surface area (Å²) in [5, 5.41) is 0. The number of benzene rings is 1. The predicted octanol–water partition coefficient (Wildman–Crippen LogP) is 2.56. The molecule has 0 saturated carbocycles. The molecule has 0 heterocycles. The first-order valence-electron chi connectivity index (χ1n) is 6.33. The third-order valence-electron chi connectivity index (χ3n) is 2.93. The molecule has 0 N–H and O–H groups in total. The maximum absolute atomic E-state index is 11.7. The molecule has 0 unspecified atom stereocenters. The van der Waals surface area contributed by atoms with Crippen molar-refractivity contribution in [3.63, 3.8) is 0 Å². The van der Waals surface area contributed by atoms with Crippen LogP contribution in [0.3, 0.4) is 0 Å². The predicted molar refractivity (Wildman–Crippen MR) is 70.3 cm³/mol. The van der Waals surface area contributed by atoms with Gasteiger partial charge in [0.05, 0.1) is 6.61 Å². The van der Waals surface area contributed by atoms with Crippen molar-refractivity contribution in [2.24, 2.45) is 5.92 Å². The lowest BCUT2D eigenvalue weighted by Crippen LogP contribution is -2.26. The van der Waals surface area contributed by atoms with Gasteiger partial charge >= 0.3 is 5.97 Å². The van der Waals surface area contributed by atoms with Crippen LogP contribution >= 0.6 is 0 Å². The van der Waals surface area contributed by atoms with E-state index in [-0.39, 0.29) is 5.78 Å². The van der Waals surface area contributed by atoms with Crippen LogP contribution in [0.5, 0.6) is 0 Å². The molecule has 0 aliphatic rings. The second-order valence-corrected chi connectivity index (χ2v) is 4.29. The Morgan fingerprint density at radius 2 is 1.67 bits per heavy atom. The van der Waals surface area contributed by atoms with Crippen molar-refractivity contribution in [3.05, 3.63) is 35.4 Å². The third-order valence-corrected chi connectivity index (χ3v) is 2.93. The lowest BCUT2D eigenvalue weighted by atomic mass is 9.95. The lowest BCUT2D eigenvalue weighted by Gasteiger charge is -2.12. The largest absolute Gasteiger partial charge is 0.465 e. The van der Waals surface area contributed by atoms with Gasteiger partial charge in [-0.05, 0) is 37.8 Å². The number of ketones is 1. The highest BCUT2D eigenvalue weighted by Crippen LogP contribution is 2.13. The minimum Gasteiger partial charge on any atom is -0.465 e. The lowest BCUT2D eigenvalue weighted by molar-refractivity contribution is -0.151. The normalized spacial score (nSPS) is 11.9. The average molecular weight is 248 g/mol. The van der Waals surface area contributed by atoms with E-state index in [4.69, 9.17) is 4.74 Å². The first kappa shape index (κ1) is 14.4. The molecule has 3 nitrogen and oxygen atoms in total. The van der Waals surface area contributed by atoms with E-state index < -0.39 is 11.9 Å². The number of hydrogen-bond acceptors (Lipinski definition) is 3. The summed E-state index contributed by atoms with van der Waals surface area (Å²) in [7, 11) is 0. The fourth-order valence-corrected chi connectivity index (χ4v) is 1.78. The molecule has 0 saturated heterocycles. The molecular formula is C15H20O3. The minimum atomic E-state index is -0.683. The van der Waals surface area contributed by atoms with Crippen LogP contribution in [0.15, 0.2) is 24.3 Å². The maximum Gasteiger partial charge on any atom is 0.316 e. The van der Waals surface area contributed by atoms with Crippen molar-refractivity contribution in [3.8, 4) is 0 Å². The Bertz CT molecular complexity index is 406. The van der Waals surface area contributed by atoms with Gasteiger partial charge in [-0.1, -0.05) is 31.2 Å². The summed E-state index contributed by atoms with van der Waals surface area (Å²) >= 11 is 0. The Balaban J connectivity index is 2.76. The summed E-state index contributed by atoms with van der Waals surface area (Å²) in [4.78, 5) is 23.2. The monoisotopic (exact) mass is 248 g/mol. The van der Waals surface area contributed by atoms with Gasteiger partial charge in [-0.3, -0.25) is 9.59 Å². The maximum atomic E-state index is 11.7. The molecule has 1 aromatic rings. The zero-order valence-corrected chi connectivity index (χ0v) is 11.2. The molecule has 0 radical (unpaired) electrons. The van der Waals surface area contributed by atoms with Crippen molar-refractivity contribution in [1.29, 1.82) is 0 Å². The first-order valence-corrected chi connectivity index (χ1v) is 6.33. The van der Waals surface area contributed by atoms with Gasteiger partial charge in [0.15, 0.2) is 0 Å². The molecule has 18 heavy (non-hydrogen) atoms. The number of aryl methyl sites for hydroxylation is 1. The number of hydrogen-bond donors (Lipinski definition) is 0. The van der Waals surface area contributed by atoms with Crippen LogP contribution in [0.2, 0.25) is 0 Å². The number of carbonyl (C=O) groups is 2. The van der Waals surface area contributed by atoms with Crippen molar-refractivity contribution in [2.45, 2.75) is 33.6 Å². The van der Waals surface area contributed by atoms with Gasteiger partial charge in [-0.25, -0.2) is 0 Å². The van der Waals surface area contributed by atoms with Crippen molar-refractivity contribution >= 4 is 11.8 Å². The zero-order chi connectivity index (χ0) is 13.5. The highest BCUT2D eigenvalue weighted by Gasteiger charge is 2.24. The van der Waals surface area contributed by atoms with E-state index >= 15 is 0 Å². The van der Waals surface area contributed by atoms with Crippen LogP contribution < -0.4 is 0 Å². The van der Waals surface area contributed by atoms with Gasteiger partial charge in [-0.15, -0.1) is 0 Å². The molecule has 1 atom stereocenters. The van der Waals surface area contributed by atoms with Gasteiger partial charge < -0.3 is 4.74 Å². The Hall–Kier alpha value is -1.64. The fourth-order valence-electron chi connectivity index (χ4n) is 1.78. The third kappa shape index (κ3) is 3.99. The quantitative estimate of drug-likeness (QED) is 0.574. The standard InChI is InChI=1S/C15H20O3/c1-4-12-6-8-13(9-7-12)10-14(11(3)16)15(17)18-5-2/h6-9,14H,4-5,10H2,1-3H3/t14-/m0/s1. The Morgan fingerprint density at radius 3 is 2.11 bits per heavy atom. The second-order valence-electron chi connectivity index (χ2n) is 4.29. The molecule has 1 rings (SSSR count). The molecule has 0 aliphatic heterocycles. The van der Waals surface area contributed by atoms with E-state index in [0.29, 0.717) is 13.0 Å². The summed E-state index contributed by atoms with van der Waals surface area (Å²) in [5.41, 5.74) is 2.23. The van der Waals surface area contributed by atoms with Crippen LogP contribution in [0.4, 0.5) is 0 Å². The van der Waals surface area contributed by atoms with Gasteiger partial charge in [0.25, 0.3) is 0 Å². The highest BCUT2D eigenvalue weighted by molar-refractivity contribution is 5.97. The van der Waals surface area contributed by atoms with Gasteiger partial charge in [0.1, 0.15) is 11.7 Å². The molecule has 0 aromatic heterocycles. The van der Waals surface area contributed by atoms with E-state index in [1.54, 1.807) is 6.92 Å². The van der Waals surface area contributed by atoms with Crippen LogP contribution in [-0.4, -0.2) is 18.4 Å². The Labute approximate surface area is 108 Å². The van der Waals surface area contributed by atoms with Crippen LogP contribution in [0.1, 0.15) is 31.9 Å². The SMILES string of the molecule is CCOC(=O)[C@@H](Cc1ccc(CC)cc1)C(C)=O. The number of Topliss-reactive ketones (excluding diaryl/α,β-unsaturated/α-hetero) is 1. The van der Waals surface area contributed by atoms with E-state index in [1.807, 2.05) is 24.3 Å². The van der Waals surface area contributed by atoms with Crippen molar-refractivity contribution in [1.82, 2.24) is 0 Å². The van der Waals surface area contributed by atoms with Gasteiger partial charge in [-0.2, -0.15) is 0 Å². The summed E-state index contributed by atoms with van der Waals surface area (Å²) in [6, 6.07) is 7.98. The first-order chi connectivity index (χ1) is 8.58. The highest BCUT2D eigenvalue weighted by atomic mass is 16.5. The molecule has 98 valence electrons. The fraction of sp³-hybridized carbons (Fsp3) is 0.467. The van der Waals surface area contributed by atoms with Gasteiger partial charge in [0.2, 0.25) is 0 Å². The zero-order valence-electron chi connectivity index (χ0n) is 11.2. The molecular weight excluding hydrogens is 228 g/mol. The number of carbonyl (C=O) groups excluding carboxylic acids is 2. The Kier molecular flexibility index (Phi) is 5.56. The second kappa shape index (κ2) is 6.94. The van der Waals surface area contributed by atoms with E-state index in [1.165, 1.54) is 12.5 Å². The molecule has 0 amide bonds. The summed E-state index contributed by atoms with van der Waals surface area (Å²) in [6.07, 6.45) is 1.40. The average Bonchev–Trinajstić information content (AvgIpc) is 2.36.